The largest absolute Gasteiger partial charge is 0.497 e. The Morgan fingerprint density at radius 2 is 1.97 bits per heavy atom. The summed E-state index contributed by atoms with van der Waals surface area (Å²) in [6.45, 7) is 0.0996. The number of benzene rings is 2. The van der Waals surface area contributed by atoms with Gasteiger partial charge in [-0.1, -0.05) is 17.3 Å². The highest BCUT2D eigenvalue weighted by atomic mass is 32.2. The molecule has 0 unspecified atom stereocenters. The van der Waals surface area contributed by atoms with E-state index in [0.29, 0.717) is 28.6 Å². The third-order valence-electron chi connectivity index (χ3n) is 4.20. The Morgan fingerprint density at radius 1 is 1.19 bits per heavy atom. The molecule has 0 aliphatic carbocycles. The number of carbonyl (C=O) groups excluding carboxylic acids is 1. The number of amides is 1. The molecule has 0 atom stereocenters. The average Bonchev–Trinajstić information content (AvgIpc) is 3.26. The van der Waals surface area contributed by atoms with E-state index in [1.165, 1.54) is 31.0 Å². The van der Waals surface area contributed by atoms with E-state index < -0.39 is 4.92 Å². The first-order valence-corrected chi connectivity index (χ1v) is 10.3. The van der Waals surface area contributed by atoms with Crippen LogP contribution < -0.4 is 14.8 Å². The molecule has 0 saturated heterocycles. The Kier molecular flexibility index (Phi) is 7.44. The van der Waals surface area contributed by atoms with Gasteiger partial charge in [0.05, 0.1) is 37.0 Å². The highest BCUT2D eigenvalue weighted by Gasteiger charge is 2.15. The fourth-order valence-corrected chi connectivity index (χ4v) is 3.44. The van der Waals surface area contributed by atoms with Crippen LogP contribution in [0.3, 0.4) is 0 Å². The van der Waals surface area contributed by atoms with E-state index in [4.69, 9.17) is 14.0 Å². The van der Waals surface area contributed by atoms with Crippen molar-refractivity contribution in [2.75, 3.05) is 20.0 Å². The second-order valence-electron chi connectivity index (χ2n) is 6.27. The third-order valence-corrected chi connectivity index (χ3v) is 5.21. The maximum atomic E-state index is 12.1. The molecule has 0 aliphatic heterocycles. The summed E-state index contributed by atoms with van der Waals surface area (Å²) < 4.78 is 15.7. The van der Waals surface area contributed by atoms with Gasteiger partial charge < -0.3 is 19.3 Å². The molecule has 0 fully saturated rings. The van der Waals surface area contributed by atoms with E-state index >= 15 is 0 Å². The summed E-state index contributed by atoms with van der Waals surface area (Å²) in [6, 6.07) is 11.5. The van der Waals surface area contributed by atoms with Crippen molar-refractivity contribution in [3.63, 3.8) is 0 Å². The lowest BCUT2D eigenvalue weighted by Gasteiger charge is -2.07. The molecule has 0 spiro atoms. The van der Waals surface area contributed by atoms with E-state index in [2.05, 4.69) is 15.5 Å². The van der Waals surface area contributed by atoms with Gasteiger partial charge in [0, 0.05) is 24.0 Å². The monoisotopic (exact) mass is 444 g/mol. The van der Waals surface area contributed by atoms with Crippen LogP contribution in [0.1, 0.15) is 11.5 Å². The number of hydrogen-bond acceptors (Lipinski definition) is 9. The molecule has 162 valence electrons. The SMILES string of the molecule is COc1ccc(-c2noc(CNC(=O)CSCc3ccc([N+](=O)[O-])cc3)n2)c(OC)c1. The highest BCUT2D eigenvalue weighted by Crippen LogP contribution is 2.31. The van der Waals surface area contributed by atoms with E-state index in [1.54, 1.807) is 37.4 Å². The summed E-state index contributed by atoms with van der Waals surface area (Å²) in [5.74, 6) is 2.39. The van der Waals surface area contributed by atoms with Crippen LogP contribution in [0.2, 0.25) is 0 Å². The summed E-state index contributed by atoms with van der Waals surface area (Å²) in [5.41, 5.74) is 1.58. The minimum Gasteiger partial charge on any atom is -0.497 e. The van der Waals surface area contributed by atoms with Gasteiger partial charge in [0.1, 0.15) is 11.5 Å². The van der Waals surface area contributed by atoms with Gasteiger partial charge in [-0.25, -0.2) is 0 Å². The Hall–Kier alpha value is -3.60. The number of nitro groups is 1. The number of carbonyl (C=O) groups is 1. The van der Waals surface area contributed by atoms with Gasteiger partial charge in [-0.05, 0) is 17.7 Å². The molecule has 3 aromatic rings. The number of hydrogen-bond donors (Lipinski definition) is 1. The summed E-state index contributed by atoms with van der Waals surface area (Å²) >= 11 is 1.40. The van der Waals surface area contributed by atoms with Crippen molar-refractivity contribution in [2.45, 2.75) is 12.3 Å². The molecule has 1 heterocycles. The number of aromatic nitrogens is 2. The predicted molar refractivity (Wildman–Crippen MR) is 114 cm³/mol. The van der Waals surface area contributed by atoms with Gasteiger partial charge in [-0.15, -0.1) is 11.8 Å². The lowest BCUT2D eigenvalue weighted by atomic mass is 10.2. The van der Waals surface area contributed by atoms with Gasteiger partial charge in [0.15, 0.2) is 0 Å². The Labute approximate surface area is 182 Å². The van der Waals surface area contributed by atoms with Gasteiger partial charge in [-0.2, -0.15) is 4.98 Å². The second-order valence-corrected chi connectivity index (χ2v) is 7.26. The minimum atomic E-state index is -0.446. The van der Waals surface area contributed by atoms with E-state index in [0.717, 1.165) is 5.56 Å². The molecule has 1 N–H and O–H groups in total. The summed E-state index contributed by atoms with van der Waals surface area (Å²) in [7, 11) is 3.10. The Morgan fingerprint density at radius 3 is 2.65 bits per heavy atom. The number of nitro benzene ring substituents is 1. The van der Waals surface area contributed by atoms with E-state index in [-0.39, 0.29) is 29.8 Å². The molecule has 1 amide bonds. The number of thioether (sulfide) groups is 1. The zero-order valence-corrected chi connectivity index (χ0v) is 17.7. The molecular weight excluding hydrogens is 424 g/mol. The first-order chi connectivity index (χ1) is 15.0. The number of rotatable bonds is 10. The van der Waals surface area contributed by atoms with Crippen molar-refractivity contribution >= 4 is 23.4 Å². The van der Waals surface area contributed by atoms with Crippen LogP contribution >= 0.6 is 11.8 Å². The first kappa shape index (κ1) is 22.1. The van der Waals surface area contributed by atoms with Crippen LogP contribution in [-0.2, 0) is 17.1 Å². The van der Waals surface area contributed by atoms with Crippen LogP contribution in [0, 0.1) is 10.1 Å². The molecule has 0 saturated carbocycles. The molecule has 10 nitrogen and oxygen atoms in total. The van der Waals surface area contributed by atoms with Gasteiger partial charge in [-0.3, -0.25) is 14.9 Å². The highest BCUT2D eigenvalue weighted by molar-refractivity contribution is 7.99. The fourth-order valence-electron chi connectivity index (χ4n) is 2.62. The quantitative estimate of drug-likeness (QED) is 0.370. The van der Waals surface area contributed by atoms with Crippen molar-refractivity contribution < 1.29 is 23.7 Å². The van der Waals surface area contributed by atoms with E-state index in [9.17, 15) is 14.9 Å². The lowest BCUT2D eigenvalue weighted by molar-refractivity contribution is -0.384. The molecule has 0 bridgehead atoms. The van der Waals surface area contributed by atoms with Crippen molar-refractivity contribution in [1.29, 1.82) is 0 Å². The normalized spacial score (nSPS) is 10.5. The molecule has 31 heavy (non-hydrogen) atoms. The van der Waals surface area contributed by atoms with Crippen LogP contribution in [0.5, 0.6) is 11.5 Å². The minimum absolute atomic E-state index is 0.0395. The van der Waals surface area contributed by atoms with Crippen molar-refractivity contribution in [1.82, 2.24) is 15.5 Å². The zero-order chi connectivity index (χ0) is 22.2. The third kappa shape index (κ3) is 5.95. The van der Waals surface area contributed by atoms with Crippen molar-refractivity contribution in [2.24, 2.45) is 0 Å². The lowest BCUT2D eigenvalue weighted by Crippen LogP contribution is -2.24. The van der Waals surface area contributed by atoms with Crippen molar-refractivity contribution in [3.05, 3.63) is 64.0 Å². The molecule has 1 aromatic heterocycles. The smallest absolute Gasteiger partial charge is 0.269 e. The molecule has 0 radical (unpaired) electrons. The number of methoxy groups -OCH3 is 2. The van der Waals surface area contributed by atoms with Crippen LogP contribution in [0.25, 0.3) is 11.4 Å². The molecular formula is C20H20N4O6S. The summed E-state index contributed by atoms with van der Waals surface area (Å²) in [5, 5.41) is 17.3. The molecule has 0 aliphatic rings. The average molecular weight is 444 g/mol. The first-order valence-electron chi connectivity index (χ1n) is 9.13. The number of ether oxygens (including phenoxy) is 2. The molecule has 11 heteroatoms. The number of non-ortho nitro benzene ring substituents is 1. The maximum absolute atomic E-state index is 12.1. The fraction of sp³-hybridized carbons (Fsp3) is 0.250. The van der Waals surface area contributed by atoms with Gasteiger partial charge in [0.25, 0.3) is 5.69 Å². The van der Waals surface area contributed by atoms with Crippen LogP contribution in [0.15, 0.2) is 47.0 Å². The topological polar surface area (TPSA) is 130 Å². The van der Waals surface area contributed by atoms with Gasteiger partial charge in [0.2, 0.25) is 17.6 Å². The Balaban J connectivity index is 1.48. The molecule has 2 aromatic carbocycles. The summed E-state index contributed by atoms with van der Waals surface area (Å²) in [4.78, 5) is 26.6. The predicted octanol–water partition coefficient (Wildman–Crippen LogP) is 3.21. The second kappa shape index (κ2) is 10.4. The van der Waals surface area contributed by atoms with Crippen LogP contribution in [0.4, 0.5) is 5.69 Å². The summed E-state index contributed by atoms with van der Waals surface area (Å²) in [6.07, 6.45) is 0. The molecule has 3 rings (SSSR count). The Bertz CT molecular complexity index is 1050. The number of nitrogens with zero attached hydrogens (tertiary/aromatic N) is 3. The maximum Gasteiger partial charge on any atom is 0.269 e. The standard InChI is InChI=1S/C20H20N4O6S/c1-28-15-7-8-16(17(9-15)29-2)20-22-19(30-23-20)10-21-18(25)12-31-11-13-3-5-14(6-4-13)24(26)27/h3-9H,10-12H2,1-2H3,(H,21,25). The number of nitrogens with one attached hydrogen (secondary N) is 1. The zero-order valence-electron chi connectivity index (χ0n) is 16.9. The van der Waals surface area contributed by atoms with Gasteiger partial charge >= 0.3 is 0 Å². The van der Waals surface area contributed by atoms with Crippen molar-refractivity contribution in [3.8, 4) is 22.9 Å². The van der Waals surface area contributed by atoms with E-state index in [1.807, 2.05) is 0 Å². The van der Waals surface area contributed by atoms with Crippen LogP contribution in [-0.4, -0.2) is 40.9 Å².